The van der Waals surface area contributed by atoms with E-state index in [0.717, 1.165) is 0 Å². The maximum atomic E-state index is 12.0. The summed E-state index contributed by atoms with van der Waals surface area (Å²) in [6.45, 7) is 0. The van der Waals surface area contributed by atoms with Crippen molar-refractivity contribution in [3.8, 4) is 0 Å². The highest BCUT2D eigenvalue weighted by Crippen LogP contribution is 2.24. The van der Waals surface area contributed by atoms with Crippen LogP contribution in [0.3, 0.4) is 0 Å². The van der Waals surface area contributed by atoms with Crippen molar-refractivity contribution in [3.63, 3.8) is 0 Å². The van der Waals surface area contributed by atoms with Gasteiger partial charge in [0.15, 0.2) is 0 Å². The van der Waals surface area contributed by atoms with Gasteiger partial charge in [-0.2, -0.15) is 0 Å². The van der Waals surface area contributed by atoms with Crippen LogP contribution in [0.15, 0.2) is 41.8 Å². The number of primary amides is 1. The fourth-order valence-corrected chi connectivity index (χ4v) is 2.40. The van der Waals surface area contributed by atoms with Crippen LogP contribution in [-0.2, 0) is 4.79 Å². The lowest BCUT2D eigenvalue weighted by molar-refractivity contribution is -0.117. The van der Waals surface area contributed by atoms with Crippen molar-refractivity contribution in [2.45, 2.75) is 6.04 Å². The average molecular weight is 275 g/mol. The minimum absolute atomic E-state index is 0.290. The molecular weight excluding hydrogens is 262 g/mol. The van der Waals surface area contributed by atoms with Gasteiger partial charge in [0.25, 0.3) is 5.91 Å². The molecule has 6 heteroatoms. The molecule has 0 bridgehead atoms. The third kappa shape index (κ3) is 2.98. The van der Waals surface area contributed by atoms with Crippen LogP contribution in [0.5, 0.6) is 0 Å². The van der Waals surface area contributed by atoms with E-state index in [-0.39, 0.29) is 5.91 Å². The van der Waals surface area contributed by atoms with E-state index in [0.29, 0.717) is 16.1 Å². The van der Waals surface area contributed by atoms with Crippen molar-refractivity contribution in [2.75, 3.05) is 5.32 Å². The summed E-state index contributed by atoms with van der Waals surface area (Å²) < 4.78 is 0. The Hall–Kier alpha value is -2.18. The van der Waals surface area contributed by atoms with Gasteiger partial charge < -0.3 is 16.8 Å². The summed E-state index contributed by atoms with van der Waals surface area (Å²) in [5, 5.41) is 4.73. The molecule has 2 amide bonds. The van der Waals surface area contributed by atoms with Gasteiger partial charge in [-0.25, -0.2) is 0 Å². The zero-order chi connectivity index (χ0) is 13.8. The van der Waals surface area contributed by atoms with E-state index in [2.05, 4.69) is 5.32 Å². The monoisotopic (exact) mass is 275 g/mol. The van der Waals surface area contributed by atoms with Gasteiger partial charge >= 0.3 is 0 Å². The van der Waals surface area contributed by atoms with Crippen LogP contribution in [0, 0.1) is 0 Å². The van der Waals surface area contributed by atoms with E-state index < -0.39 is 11.9 Å². The van der Waals surface area contributed by atoms with Crippen LogP contribution in [0.1, 0.15) is 22.0 Å². The van der Waals surface area contributed by atoms with Crippen LogP contribution >= 0.6 is 11.3 Å². The van der Waals surface area contributed by atoms with Crippen molar-refractivity contribution < 1.29 is 9.59 Å². The largest absolute Gasteiger partial charge is 0.366 e. The van der Waals surface area contributed by atoms with E-state index in [1.54, 1.807) is 23.6 Å². The Bertz CT molecular complexity index is 595. The number of hydrogen-bond acceptors (Lipinski definition) is 4. The quantitative estimate of drug-likeness (QED) is 0.788. The highest BCUT2D eigenvalue weighted by Gasteiger charge is 2.18. The van der Waals surface area contributed by atoms with Gasteiger partial charge in [-0.1, -0.05) is 30.3 Å². The number of anilines is 1. The molecule has 1 aromatic heterocycles. The molecule has 0 radical (unpaired) electrons. The number of rotatable bonds is 4. The standard InChI is InChI=1S/C13H13N3O2S/c14-10(8-4-2-1-3-5-8)12(18)16-13-9(11(15)17)6-7-19-13/h1-7,10H,14H2,(H2,15,17)(H,16,18). The number of carbonyl (C=O) groups is 2. The molecule has 1 aromatic carbocycles. The van der Waals surface area contributed by atoms with Crippen LogP contribution in [0.4, 0.5) is 5.00 Å². The highest BCUT2D eigenvalue weighted by atomic mass is 32.1. The van der Waals surface area contributed by atoms with Crippen LogP contribution in [-0.4, -0.2) is 11.8 Å². The second kappa shape index (κ2) is 5.64. The molecule has 1 atom stereocenters. The zero-order valence-corrected chi connectivity index (χ0v) is 10.8. The summed E-state index contributed by atoms with van der Waals surface area (Å²) in [6.07, 6.45) is 0. The Labute approximate surface area is 114 Å². The molecule has 5 nitrogen and oxygen atoms in total. The molecule has 0 saturated heterocycles. The van der Waals surface area contributed by atoms with Gasteiger partial charge in [0.1, 0.15) is 11.0 Å². The normalized spacial score (nSPS) is 11.8. The van der Waals surface area contributed by atoms with Gasteiger partial charge in [-0.3, -0.25) is 9.59 Å². The zero-order valence-electron chi connectivity index (χ0n) is 10.00. The van der Waals surface area contributed by atoms with E-state index in [9.17, 15) is 9.59 Å². The number of nitrogens with one attached hydrogen (secondary N) is 1. The Balaban J connectivity index is 2.13. The molecule has 0 aliphatic rings. The maximum Gasteiger partial charge on any atom is 0.251 e. The third-order valence-electron chi connectivity index (χ3n) is 2.61. The van der Waals surface area contributed by atoms with Gasteiger partial charge in [0.2, 0.25) is 5.91 Å². The molecule has 98 valence electrons. The second-order valence-electron chi connectivity index (χ2n) is 3.91. The van der Waals surface area contributed by atoms with Gasteiger partial charge in [-0.05, 0) is 17.0 Å². The van der Waals surface area contributed by atoms with Crippen molar-refractivity contribution >= 4 is 28.2 Å². The first-order valence-electron chi connectivity index (χ1n) is 5.58. The van der Waals surface area contributed by atoms with Crippen molar-refractivity contribution in [3.05, 3.63) is 52.9 Å². The van der Waals surface area contributed by atoms with E-state index in [1.807, 2.05) is 18.2 Å². The lowest BCUT2D eigenvalue weighted by atomic mass is 10.1. The van der Waals surface area contributed by atoms with Crippen molar-refractivity contribution in [2.24, 2.45) is 11.5 Å². The second-order valence-corrected chi connectivity index (χ2v) is 4.82. The number of nitrogens with two attached hydrogens (primary N) is 2. The molecule has 0 aliphatic carbocycles. The first kappa shape index (κ1) is 13.3. The van der Waals surface area contributed by atoms with Gasteiger partial charge in [0, 0.05) is 0 Å². The Morgan fingerprint density at radius 2 is 1.84 bits per heavy atom. The molecule has 19 heavy (non-hydrogen) atoms. The summed E-state index contributed by atoms with van der Waals surface area (Å²) in [5.41, 5.74) is 12.1. The molecule has 0 saturated carbocycles. The summed E-state index contributed by atoms with van der Waals surface area (Å²) in [4.78, 5) is 23.2. The molecule has 1 heterocycles. The Morgan fingerprint density at radius 3 is 2.47 bits per heavy atom. The molecule has 0 aliphatic heterocycles. The van der Waals surface area contributed by atoms with Gasteiger partial charge in [0.05, 0.1) is 5.56 Å². The van der Waals surface area contributed by atoms with E-state index in [4.69, 9.17) is 11.5 Å². The number of benzene rings is 1. The molecule has 2 rings (SSSR count). The SMILES string of the molecule is NC(=O)c1ccsc1NC(=O)C(N)c1ccccc1. The average Bonchev–Trinajstić information content (AvgIpc) is 2.87. The summed E-state index contributed by atoms with van der Waals surface area (Å²) in [7, 11) is 0. The molecule has 5 N–H and O–H groups in total. The topological polar surface area (TPSA) is 98.2 Å². The molecule has 1 unspecified atom stereocenters. The molecular formula is C13H13N3O2S. The smallest absolute Gasteiger partial charge is 0.251 e. The minimum Gasteiger partial charge on any atom is -0.366 e. The Kier molecular flexibility index (Phi) is 3.94. The lowest BCUT2D eigenvalue weighted by Gasteiger charge is -2.12. The molecule has 0 fully saturated rings. The summed E-state index contributed by atoms with van der Waals surface area (Å²) >= 11 is 1.23. The Morgan fingerprint density at radius 1 is 1.16 bits per heavy atom. The number of thiophene rings is 1. The maximum absolute atomic E-state index is 12.0. The molecule has 0 spiro atoms. The fourth-order valence-electron chi connectivity index (χ4n) is 1.60. The van der Waals surface area contributed by atoms with Crippen LogP contribution in [0.25, 0.3) is 0 Å². The predicted octanol–water partition coefficient (Wildman–Crippen LogP) is 1.49. The first-order chi connectivity index (χ1) is 9.09. The van der Waals surface area contributed by atoms with Gasteiger partial charge in [-0.15, -0.1) is 11.3 Å². The molecule has 2 aromatic rings. The third-order valence-corrected chi connectivity index (χ3v) is 3.44. The lowest BCUT2D eigenvalue weighted by Crippen LogP contribution is -2.28. The fraction of sp³-hybridized carbons (Fsp3) is 0.0769. The van der Waals surface area contributed by atoms with Crippen molar-refractivity contribution in [1.29, 1.82) is 0 Å². The van der Waals surface area contributed by atoms with Crippen LogP contribution in [0.2, 0.25) is 0 Å². The first-order valence-corrected chi connectivity index (χ1v) is 6.46. The number of amides is 2. The van der Waals surface area contributed by atoms with E-state index >= 15 is 0 Å². The summed E-state index contributed by atoms with van der Waals surface area (Å²) in [6, 6.07) is 9.78. The minimum atomic E-state index is -0.788. The number of hydrogen-bond donors (Lipinski definition) is 3. The van der Waals surface area contributed by atoms with E-state index in [1.165, 1.54) is 11.3 Å². The summed E-state index contributed by atoms with van der Waals surface area (Å²) in [5.74, 6) is -0.957. The highest BCUT2D eigenvalue weighted by molar-refractivity contribution is 7.14. The van der Waals surface area contributed by atoms with Crippen LogP contribution < -0.4 is 16.8 Å². The predicted molar refractivity (Wildman–Crippen MR) is 74.8 cm³/mol. The number of carbonyl (C=O) groups excluding carboxylic acids is 2. The van der Waals surface area contributed by atoms with Crippen molar-refractivity contribution in [1.82, 2.24) is 0 Å².